The predicted molar refractivity (Wildman–Crippen MR) is 79.2 cm³/mol. The van der Waals surface area contributed by atoms with Gasteiger partial charge >= 0.3 is 0 Å². The van der Waals surface area contributed by atoms with E-state index in [2.05, 4.69) is 13.8 Å². The van der Waals surface area contributed by atoms with Gasteiger partial charge in [-0.1, -0.05) is 37.8 Å². The van der Waals surface area contributed by atoms with Gasteiger partial charge in [0.1, 0.15) is 0 Å². The van der Waals surface area contributed by atoms with Gasteiger partial charge in [-0.3, -0.25) is 4.79 Å². The summed E-state index contributed by atoms with van der Waals surface area (Å²) in [5.74, 6) is 1.31. The maximum absolute atomic E-state index is 11.8. The molecule has 1 rings (SSSR count). The van der Waals surface area contributed by atoms with Crippen LogP contribution in [0.3, 0.4) is 0 Å². The van der Waals surface area contributed by atoms with E-state index in [1.54, 1.807) is 11.8 Å². The maximum Gasteiger partial charge on any atom is 0.238 e. The van der Waals surface area contributed by atoms with Crippen LogP contribution in [0.25, 0.3) is 0 Å². The third-order valence-corrected chi connectivity index (χ3v) is 4.31. The molecule has 1 fully saturated rings. The molecule has 1 aliphatic heterocycles. The molecule has 0 saturated carbocycles. The van der Waals surface area contributed by atoms with Crippen LogP contribution < -0.4 is 0 Å². The first-order valence-corrected chi connectivity index (χ1v) is 7.43. The molecule has 1 amide bonds. The second-order valence-corrected chi connectivity index (χ2v) is 6.55. The summed E-state index contributed by atoms with van der Waals surface area (Å²) >= 11 is 7.08. The molecule has 0 aromatic carbocycles. The lowest BCUT2D eigenvalue weighted by atomic mass is 10.0. The molecule has 0 aromatic heterocycles. The third kappa shape index (κ3) is 3.55. The van der Waals surface area contributed by atoms with Crippen molar-refractivity contribution in [2.45, 2.75) is 47.1 Å². The van der Waals surface area contributed by atoms with Gasteiger partial charge in [0.15, 0.2) is 0 Å². The second-order valence-electron chi connectivity index (χ2n) is 5.10. The normalized spacial score (nSPS) is 19.5. The molecular formula is C13H21NOS2. The minimum Gasteiger partial charge on any atom is -0.303 e. The van der Waals surface area contributed by atoms with Crippen LogP contribution in [-0.4, -0.2) is 27.5 Å². The Kier molecular flexibility index (Phi) is 5.20. The number of hydrogen-bond acceptors (Lipinski definition) is 3. The minimum absolute atomic E-state index is 0.201. The Hall–Kier alpha value is -0.350. The topological polar surface area (TPSA) is 20.3 Å². The second kappa shape index (κ2) is 6.01. The van der Waals surface area contributed by atoms with E-state index in [-0.39, 0.29) is 11.9 Å². The first kappa shape index (κ1) is 14.7. The number of carbonyl (C=O) groups excluding carboxylic acids is 1. The zero-order valence-corrected chi connectivity index (χ0v) is 12.9. The molecule has 1 saturated heterocycles. The van der Waals surface area contributed by atoms with Crippen molar-refractivity contribution in [2.24, 2.45) is 5.92 Å². The summed E-state index contributed by atoms with van der Waals surface area (Å²) in [6, 6.07) is 0.212. The SMILES string of the molecule is C/C(C(=S)CC(C)C)=C1/SCC(=O)N1C(C)C. The van der Waals surface area contributed by atoms with Crippen molar-refractivity contribution in [3.63, 3.8) is 0 Å². The van der Waals surface area contributed by atoms with E-state index in [9.17, 15) is 4.79 Å². The van der Waals surface area contributed by atoms with Gasteiger partial charge in [0.25, 0.3) is 0 Å². The number of thioether (sulfide) groups is 1. The zero-order chi connectivity index (χ0) is 13.2. The van der Waals surface area contributed by atoms with E-state index in [1.165, 1.54) is 0 Å². The van der Waals surface area contributed by atoms with Crippen molar-refractivity contribution < 1.29 is 4.79 Å². The van der Waals surface area contributed by atoms with Gasteiger partial charge in [0, 0.05) is 10.9 Å². The number of carbonyl (C=O) groups is 1. The van der Waals surface area contributed by atoms with E-state index in [4.69, 9.17) is 12.2 Å². The van der Waals surface area contributed by atoms with Crippen molar-refractivity contribution in [3.8, 4) is 0 Å². The standard InChI is InChI=1S/C13H21NOS2/c1-8(2)6-11(16)10(5)13-14(9(3)4)12(15)7-17-13/h8-9H,6-7H2,1-5H3/b13-10-. The van der Waals surface area contributed by atoms with Crippen molar-refractivity contribution >= 4 is 34.8 Å². The van der Waals surface area contributed by atoms with Crippen LogP contribution in [0.15, 0.2) is 10.6 Å². The van der Waals surface area contributed by atoms with Crippen molar-refractivity contribution in [3.05, 3.63) is 10.6 Å². The molecule has 0 bridgehead atoms. The fourth-order valence-electron chi connectivity index (χ4n) is 1.84. The number of amides is 1. The van der Waals surface area contributed by atoms with Crippen LogP contribution in [0, 0.1) is 5.92 Å². The van der Waals surface area contributed by atoms with E-state index < -0.39 is 0 Å². The largest absolute Gasteiger partial charge is 0.303 e. The summed E-state index contributed by atoms with van der Waals surface area (Å²) in [4.78, 5) is 14.7. The van der Waals surface area contributed by atoms with Crippen LogP contribution in [0.4, 0.5) is 0 Å². The summed E-state index contributed by atoms with van der Waals surface area (Å²) in [7, 11) is 0. The fourth-order valence-corrected chi connectivity index (χ4v) is 3.52. The number of hydrogen-bond donors (Lipinski definition) is 0. The Morgan fingerprint density at radius 3 is 2.47 bits per heavy atom. The number of thiocarbonyl (C=S) groups is 1. The molecule has 96 valence electrons. The molecule has 0 aliphatic carbocycles. The highest BCUT2D eigenvalue weighted by atomic mass is 32.2. The van der Waals surface area contributed by atoms with Gasteiger partial charge in [0.2, 0.25) is 5.91 Å². The molecule has 1 aliphatic rings. The van der Waals surface area contributed by atoms with Crippen molar-refractivity contribution in [1.82, 2.24) is 4.90 Å². The first-order valence-electron chi connectivity index (χ1n) is 6.03. The molecule has 0 N–H and O–H groups in total. The summed E-state index contributed by atoms with van der Waals surface area (Å²) in [6.45, 7) is 10.5. The van der Waals surface area contributed by atoms with Gasteiger partial charge < -0.3 is 4.90 Å². The Labute approximate surface area is 114 Å². The first-order chi connectivity index (χ1) is 7.84. The Morgan fingerprint density at radius 1 is 1.41 bits per heavy atom. The smallest absolute Gasteiger partial charge is 0.238 e. The lowest BCUT2D eigenvalue weighted by Gasteiger charge is -2.23. The van der Waals surface area contributed by atoms with Gasteiger partial charge in [-0.2, -0.15) is 0 Å². The van der Waals surface area contributed by atoms with Crippen LogP contribution in [0.2, 0.25) is 0 Å². The Morgan fingerprint density at radius 2 is 2.00 bits per heavy atom. The molecule has 1 heterocycles. The van der Waals surface area contributed by atoms with Gasteiger partial charge in [-0.15, -0.1) is 0 Å². The lowest BCUT2D eigenvalue weighted by Crippen LogP contribution is -2.32. The molecule has 0 spiro atoms. The van der Waals surface area contributed by atoms with Crippen molar-refractivity contribution in [2.75, 3.05) is 5.75 Å². The zero-order valence-electron chi connectivity index (χ0n) is 11.2. The third-order valence-electron chi connectivity index (χ3n) is 2.67. The number of nitrogens with zero attached hydrogens (tertiary/aromatic N) is 1. The monoisotopic (exact) mass is 271 g/mol. The number of allylic oxidation sites excluding steroid dienone is 1. The Bertz CT molecular complexity index is 358. The van der Waals surface area contributed by atoms with E-state index in [0.29, 0.717) is 11.7 Å². The van der Waals surface area contributed by atoms with Gasteiger partial charge in [-0.05, 0) is 38.7 Å². The van der Waals surface area contributed by atoms with E-state index >= 15 is 0 Å². The highest BCUT2D eigenvalue weighted by Gasteiger charge is 2.30. The minimum atomic E-state index is 0.201. The van der Waals surface area contributed by atoms with Crippen LogP contribution >= 0.6 is 24.0 Å². The predicted octanol–water partition coefficient (Wildman–Crippen LogP) is 3.62. The van der Waals surface area contributed by atoms with E-state index in [1.807, 2.05) is 25.7 Å². The average molecular weight is 271 g/mol. The fraction of sp³-hybridized carbons (Fsp3) is 0.692. The summed E-state index contributed by atoms with van der Waals surface area (Å²) < 4.78 is 0. The molecular weight excluding hydrogens is 250 g/mol. The van der Waals surface area contributed by atoms with Crippen LogP contribution in [0.1, 0.15) is 41.0 Å². The molecule has 17 heavy (non-hydrogen) atoms. The average Bonchev–Trinajstić information content (AvgIpc) is 2.57. The van der Waals surface area contributed by atoms with Gasteiger partial charge in [0.05, 0.1) is 10.8 Å². The van der Waals surface area contributed by atoms with Crippen LogP contribution in [-0.2, 0) is 4.79 Å². The van der Waals surface area contributed by atoms with E-state index in [0.717, 1.165) is 21.9 Å². The number of rotatable bonds is 4. The van der Waals surface area contributed by atoms with Crippen molar-refractivity contribution in [1.29, 1.82) is 0 Å². The highest BCUT2D eigenvalue weighted by Crippen LogP contribution is 2.34. The maximum atomic E-state index is 11.8. The Balaban J connectivity index is 2.95. The molecule has 4 heteroatoms. The summed E-state index contributed by atoms with van der Waals surface area (Å²) in [5.41, 5.74) is 1.11. The molecule has 0 aromatic rings. The molecule has 0 radical (unpaired) electrons. The highest BCUT2D eigenvalue weighted by molar-refractivity contribution is 8.04. The lowest BCUT2D eigenvalue weighted by molar-refractivity contribution is -0.126. The molecule has 0 unspecified atom stereocenters. The summed E-state index contributed by atoms with van der Waals surface area (Å²) in [5, 5.41) is 1.07. The van der Waals surface area contributed by atoms with Crippen LogP contribution in [0.5, 0.6) is 0 Å². The molecule has 2 nitrogen and oxygen atoms in total. The van der Waals surface area contributed by atoms with Gasteiger partial charge in [-0.25, -0.2) is 0 Å². The summed E-state index contributed by atoms with van der Waals surface area (Å²) in [6.07, 6.45) is 0.922. The molecule has 0 atom stereocenters. The quantitative estimate of drug-likeness (QED) is 0.575.